The second-order valence-corrected chi connectivity index (χ2v) is 6.11. The van der Waals surface area contributed by atoms with Crippen LogP contribution in [0.4, 0.5) is 14.5 Å². The van der Waals surface area contributed by atoms with E-state index in [9.17, 15) is 13.6 Å². The van der Waals surface area contributed by atoms with E-state index in [2.05, 4.69) is 10.2 Å². The molecule has 1 saturated heterocycles. The molecule has 0 radical (unpaired) electrons. The van der Waals surface area contributed by atoms with E-state index in [-0.39, 0.29) is 24.2 Å². The van der Waals surface area contributed by atoms with E-state index in [4.69, 9.17) is 4.74 Å². The fourth-order valence-electron chi connectivity index (χ4n) is 3.25. The molecule has 6 heteroatoms. The van der Waals surface area contributed by atoms with Crippen molar-refractivity contribution >= 4 is 11.6 Å². The number of carbonyl (C=O) groups excluding carboxylic acids is 1. The van der Waals surface area contributed by atoms with Gasteiger partial charge >= 0.3 is 0 Å². The second-order valence-electron chi connectivity index (χ2n) is 6.11. The van der Waals surface area contributed by atoms with Gasteiger partial charge in [0.1, 0.15) is 17.4 Å². The Morgan fingerprint density at radius 1 is 1.24 bits per heavy atom. The number of benzene rings is 2. The van der Waals surface area contributed by atoms with Gasteiger partial charge in [-0.05, 0) is 49.2 Å². The van der Waals surface area contributed by atoms with Crippen LogP contribution in [0.5, 0.6) is 5.75 Å². The lowest BCUT2D eigenvalue weighted by Gasteiger charge is -2.24. The van der Waals surface area contributed by atoms with E-state index in [1.54, 1.807) is 7.11 Å². The summed E-state index contributed by atoms with van der Waals surface area (Å²) in [6, 6.07) is 10.9. The lowest BCUT2D eigenvalue weighted by atomic mass is 10.0. The monoisotopic (exact) mass is 346 g/mol. The van der Waals surface area contributed by atoms with Crippen molar-refractivity contribution < 1.29 is 18.3 Å². The van der Waals surface area contributed by atoms with E-state index >= 15 is 0 Å². The zero-order valence-corrected chi connectivity index (χ0v) is 14.0. The molecular formula is C19H20F2N2O2. The van der Waals surface area contributed by atoms with Crippen LogP contribution in [0.2, 0.25) is 0 Å². The summed E-state index contributed by atoms with van der Waals surface area (Å²) in [5.74, 6) is -0.944. The van der Waals surface area contributed by atoms with Gasteiger partial charge < -0.3 is 10.1 Å². The van der Waals surface area contributed by atoms with Gasteiger partial charge in [0.2, 0.25) is 5.91 Å². The third-order valence-corrected chi connectivity index (χ3v) is 4.34. The average Bonchev–Trinajstić information content (AvgIpc) is 3.01. The summed E-state index contributed by atoms with van der Waals surface area (Å²) >= 11 is 0. The number of hydrogen-bond donors (Lipinski definition) is 1. The molecule has 25 heavy (non-hydrogen) atoms. The molecule has 1 fully saturated rings. The zero-order valence-electron chi connectivity index (χ0n) is 14.0. The Bertz CT molecular complexity index is 747. The first-order valence-electron chi connectivity index (χ1n) is 8.19. The second kappa shape index (κ2) is 7.61. The molecule has 0 saturated carbocycles. The van der Waals surface area contributed by atoms with Gasteiger partial charge in [-0.1, -0.05) is 12.1 Å². The molecule has 0 spiro atoms. The number of methoxy groups -OCH3 is 1. The molecule has 2 aromatic rings. The highest BCUT2D eigenvalue weighted by Gasteiger charge is 2.27. The summed E-state index contributed by atoms with van der Waals surface area (Å²) < 4.78 is 31.7. The summed E-state index contributed by atoms with van der Waals surface area (Å²) in [5.41, 5.74) is 1.22. The minimum absolute atomic E-state index is 0.125. The minimum Gasteiger partial charge on any atom is -0.497 e. The number of ether oxygens (including phenoxy) is 1. The Hall–Kier alpha value is -2.47. The number of carbonyl (C=O) groups is 1. The Balaban J connectivity index is 1.67. The van der Waals surface area contributed by atoms with Crippen LogP contribution in [-0.2, 0) is 4.79 Å². The lowest BCUT2D eigenvalue weighted by molar-refractivity contribution is -0.117. The summed E-state index contributed by atoms with van der Waals surface area (Å²) in [4.78, 5) is 14.3. The molecule has 1 amide bonds. The van der Waals surface area contributed by atoms with E-state index < -0.39 is 11.6 Å². The van der Waals surface area contributed by atoms with Gasteiger partial charge in [0, 0.05) is 17.8 Å². The van der Waals surface area contributed by atoms with Gasteiger partial charge in [-0.2, -0.15) is 0 Å². The standard InChI is InChI=1S/C19H20F2N2O2/c1-25-17-5-2-4-13(8-17)18-6-3-7-23(18)12-19(24)22-16-10-14(20)9-15(21)11-16/h2,4-5,8-11,18H,3,6-7,12H2,1H3,(H,22,24)/t18-/m0/s1. The fraction of sp³-hybridized carbons (Fsp3) is 0.316. The topological polar surface area (TPSA) is 41.6 Å². The number of likely N-dealkylation sites (tertiary alicyclic amines) is 1. The van der Waals surface area contributed by atoms with Gasteiger partial charge in [0.05, 0.1) is 13.7 Å². The predicted molar refractivity (Wildman–Crippen MR) is 91.5 cm³/mol. The Morgan fingerprint density at radius 2 is 2.00 bits per heavy atom. The lowest BCUT2D eigenvalue weighted by Crippen LogP contribution is -2.33. The molecule has 1 aliphatic rings. The summed E-state index contributed by atoms with van der Waals surface area (Å²) in [6.07, 6.45) is 1.94. The number of nitrogens with zero attached hydrogens (tertiary/aromatic N) is 1. The molecular weight excluding hydrogens is 326 g/mol. The molecule has 132 valence electrons. The van der Waals surface area contributed by atoms with Gasteiger partial charge in [-0.25, -0.2) is 8.78 Å². The van der Waals surface area contributed by atoms with Crippen molar-refractivity contribution in [3.63, 3.8) is 0 Å². The van der Waals surface area contributed by atoms with Crippen molar-refractivity contribution in [3.8, 4) is 5.75 Å². The predicted octanol–water partition coefficient (Wildman–Crippen LogP) is 3.75. The van der Waals surface area contributed by atoms with Crippen molar-refractivity contribution in [3.05, 3.63) is 59.7 Å². The third-order valence-electron chi connectivity index (χ3n) is 4.34. The largest absolute Gasteiger partial charge is 0.497 e. The van der Waals surface area contributed by atoms with E-state index in [0.29, 0.717) is 0 Å². The molecule has 1 N–H and O–H groups in total. The van der Waals surface area contributed by atoms with Crippen LogP contribution in [0.15, 0.2) is 42.5 Å². The number of anilines is 1. The van der Waals surface area contributed by atoms with Crippen LogP contribution in [-0.4, -0.2) is 31.0 Å². The maximum absolute atomic E-state index is 13.2. The van der Waals surface area contributed by atoms with E-state index in [1.165, 1.54) is 0 Å². The van der Waals surface area contributed by atoms with Crippen molar-refractivity contribution in [1.82, 2.24) is 4.90 Å². The minimum atomic E-state index is -0.717. The Labute approximate surface area is 145 Å². The quantitative estimate of drug-likeness (QED) is 0.896. The van der Waals surface area contributed by atoms with Crippen LogP contribution in [0.3, 0.4) is 0 Å². The Kier molecular flexibility index (Phi) is 5.28. The highest BCUT2D eigenvalue weighted by atomic mass is 19.1. The highest BCUT2D eigenvalue weighted by Crippen LogP contribution is 2.33. The summed E-state index contributed by atoms with van der Waals surface area (Å²) in [6.45, 7) is 0.965. The summed E-state index contributed by atoms with van der Waals surface area (Å²) in [5, 5.41) is 2.56. The molecule has 0 aromatic heterocycles. The molecule has 0 aliphatic carbocycles. The maximum Gasteiger partial charge on any atom is 0.238 e. The van der Waals surface area contributed by atoms with Gasteiger partial charge in [0.25, 0.3) is 0 Å². The van der Waals surface area contributed by atoms with E-state index in [1.807, 2.05) is 24.3 Å². The molecule has 2 aromatic carbocycles. The smallest absolute Gasteiger partial charge is 0.238 e. The van der Waals surface area contributed by atoms with Gasteiger partial charge in [-0.3, -0.25) is 9.69 Å². The fourth-order valence-corrected chi connectivity index (χ4v) is 3.25. The first-order valence-corrected chi connectivity index (χ1v) is 8.19. The zero-order chi connectivity index (χ0) is 17.8. The van der Waals surface area contributed by atoms with Crippen molar-refractivity contribution in [2.24, 2.45) is 0 Å². The molecule has 1 atom stereocenters. The van der Waals surface area contributed by atoms with Gasteiger partial charge in [0.15, 0.2) is 0 Å². The molecule has 0 unspecified atom stereocenters. The van der Waals surface area contributed by atoms with Crippen LogP contribution in [0.25, 0.3) is 0 Å². The number of hydrogen-bond acceptors (Lipinski definition) is 3. The third kappa shape index (κ3) is 4.33. The molecule has 3 rings (SSSR count). The van der Waals surface area contributed by atoms with Crippen LogP contribution in [0.1, 0.15) is 24.4 Å². The SMILES string of the molecule is COc1cccc([C@@H]2CCCN2CC(=O)Nc2cc(F)cc(F)c2)c1. The van der Waals surface area contributed by atoms with Crippen molar-refractivity contribution in [2.75, 3.05) is 25.5 Å². The number of amides is 1. The average molecular weight is 346 g/mol. The van der Waals surface area contributed by atoms with Crippen molar-refractivity contribution in [1.29, 1.82) is 0 Å². The maximum atomic E-state index is 13.2. The molecule has 4 nitrogen and oxygen atoms in total. The number of rotatable bonds is 5. The summed E-state index contributed by atoms with van der Waals surface area (Å²) in [7, 11) is 1.62. The molecule has 1 heterocycles. The first kappa shape index (κ1) is 17.4. The van der Waals surface area contributed by atoms with Crippen LogP contribution < -0.4 is 10.1 Å². The molecule has 1 aliphatic heterocycles. The highest BCUT2D eigenvalue weighted by molar-refractivity contribution is 5.92. The van der Waals surface area contributed by atoms with E-state index in [0.717, 1.165) is 48.9 Å². The first-order chi connectivity index (χ1) is 12.0. The van der Waals surface area contributed by atoms with Crippen LogP contribution in [0, 0.1) is 11.6 Å². The molecule has 0 bridgehead atoms. The van der Waals surface area contributed by atoms with Crippen LogP contribution >= 0.6 is 0 Å². The number of nitrogens with one attached hydrogen (secondary N) is 1. The Morgan fingerprint density at radius 3 is 2.72 bits per heavy atom. The normalized spacial score (nSPS) is 17.5. The number of halogens is 2. The van der Waals surface area contributed by atoms with Crippen molar-refractivity contribution in [2.45, 2.75) is 18.9 Å². The van der Waals surface area contributed by atoms with Gasteiger partial charge in [-0.15, -0.1) is 0 Å².